The lowest BCUT2D eigenvalue weighted by Gasteiger charge is -1.88. The van der Waals surface area contributed by atoms with Crippen molar-refractivity contribution < 1.29 is 0 Å². The minimum absolute atomic E-state index is 0.833. The van der Waals surface area contributed by atoms with Gasteiger partial charge in [-0.15, -0.1) is 17.3 Å². The highest BCUT2D eigenvalue weighted by atomic mass is 32.1. The summed E-state index contributed by atoms with van der Waals surface area (Å²) in [7, 11) is 0. The van der Waals surface area contributed by atoms with Crippen LogP contribution < -0.4 is 0 Å². The minimum Gasteiger partial charge on any atom is -0.261 e. The normalized spacial score (nSPS) is 8.12. The standard InChI is InChI=1S/C8H7N.C7H9N.C7H6S/c1-2-5-8-6-3-4-7-9-8;1-2-7-5-3-4-6-8-7;1-2-4-7-5-3-6-8-7/h3-4,6-7H,1H3;3-6H,2H2,1H3;3,5-6H,1H3. The van der Waals surface area contributed by atoms with Gasteiger partial charge in [-0.2, -0.15) is 0 Å². The Labute approximate surface area is 155 Å². The molecule has 2 nitrogen and oxygen atoms in total. The van der Waals surface area contributed by atoms with Crippen LogP contribution in [0.25, 0.3) is 0 Å². The zero-order valence-electron chi connectivity index (χ0n) is 14.9. The molecule has 3 rings (SSSR count). The molecule has 3 aromatic heterocycles. The Morgan fingerprint density at radius 1 is 0.840 bits per heavy atom. The molecule has 126 valence electrons. The fraction of sp³-hybridized carbons (Fsp3) is 0.182. The Kier molecular flexibility index (Phi) is 10.9. The van der Waals surface area contributed by atoms with E-state index in [-0.39, 0.29) is 0 Å². The lowest BCUT2D eigenvalue weighted by atomic mass is 10.3. The zero-order valence-corrected chi connectivity index (χ0v) is 15.7. The van der Waals surface area contributed by atoms with E-state index in [1.165, 1.54) is 0 Å². The van der Waals surface area contributed by atoms with Crippen molar-refractivity contribution in [3.8, 4) is 23.7 Å². The van der Waals surface area contributed by atoms with Crippen molar-refractivity contribution >= 4 is 11.3 Å². The van der Waals surface area contributed by atoms with Crippen LogP contribution in [-0.4, -0.2) is 9.97 Å². The van der Waals surface area contributed by atoms with Gasteiger partial charge in [-0.3, -0.25) is 4.98 Å². The van der Waals surface area contributed by atoms with Gasteiger partial charge in [0.2, 0.25) is 0 Å². The van der Waals surface area contributed by atoms with Crippen LogP contribution in [0.5, 0.6) is 0 Å². The van der Waals surface area contributed by atoms with Crippen molar-refractivity contribution in [1.82, 2.24) is 9.97 Å². The van der Waals surface area contributed by atoms with Gasteiger partial charge in [0.25, 0.3) is 0 Å². The molecule has 0 aliphatic rings. The van der Waals surface area contributed by atoms with Gasteiger partial charge in [-0.25, -0.2) is 4.98 Å². The number of hydrogen-bond donors (Lipinski definition) is 0. The van der Waals surface area contributed by atoms with Crippen LogP contribution in [0.1, 0.15) is 37.0 Å². The van der Waals surface area contributed by atoms with Crippen molar-refractivity contribution in [3.05, 3.63) is 82.6 Å². The second kappa shape index (κ2) is 13.5. The number of nitrogens with zero attached hydrogens (tertiary/aromatic N) is 2. The lowest BCUT2D eigenvalue weighted by molar-refractivity contribution is 1.04. The van der Waals surface area contributed by atoms with Gasteiger partial charge in [0.15, 0.2) is 0 Å². The molecule has 0 saturated heterocycles. The summed E-state index contributed by atoms with van der Waals surface area (Å²) in [6.45, 7) is 5.75. The molecule has 0 amide bonds. The third kappa shape index (κ3) is 9.76. The summed E-state index contributed by atoms with van der Waals surface area (Å²) in [5, 5.41) is 2.03. The molecule has 0 atom stereocenters. The average molecular weight is 346 g/mol. The number of hydrogen-bond acceptors (Lipinski definition) is 3. The number of rotatable bonds is 1. The maximum atomic E-state index is 4.10. The highest BCUT2D eigenvalue weighted by molar-refractivity contribution is 7.10. The molecular weight excluding hydrogens is 324 g/mol. The van der Waals surface area contributed by atoms with E-state index >= 15 is 0 Å². The third-order valence-corrected chi connectivity index (χ3v) is 3.56. The predicted octanol–water partition coefficient (Wildman–Crippen LogP) is 5.22. The largest absolute Gasteiger partial charge is 0.261 e. The molecule has 0 aliphatic carbocycles. The first-order valence-corrected chi connectivity index (χ1v) is 8.88. The van der Waals surface area contributed by atoms with E-state index in [1.54, 1.807) is 24.5 Å². The molecule has 0 saturated carbocycles. The van der Waals surface area contributed by atoms with Crippen LogP contribution in [-0.2, 0) is 6.42 Å². The van der Waals surface area contributed by atoms with E-state index in [4.69, 9.17) is 0 Å². The topological polar surface area (TPSA) is 25.8 Å². The average Bonchev–Trinajstić information content (AvgIpc) is 3.18. The third-order valence-electron chi connectivity index (χ3n) is 2.78. The highest BCUT2D eigenvalue weighted by Gasteiger charge is 1.82. The highest BCUT2D eigenvalue weighted by Crippen LogP contribution is 2.04. The number of thiophene rings is 1. The zero-order chi connectivity index (χ0) is 18.2. The van der Waals surface area contributed by atoms with Gasteiger partial charge in [-0.05, 0) is 61.9 Å². The molecule has 0 bridgehead atoms. The predicted molar refractivity (Wildman–Crippen MR) is 107 cm³/mol. The van der Waals surface area contributed by atoms with Crippen LogP contribution in [0.2, 0.25) is 0 Å². The van der Waals surface area contributed by atoms with E-state index in [9.17, 15) is 0 Å². The van der Waals surface area contributed by atoms with E-state index in [0.29, 0.717) is 0 Å². The van der Waals surface area contributed by atoms with Crippen LogP contribution in [0, 0.1) is 23.7 Å². The molecule has 3 heteroatoms. The van der Waals surface area contributed by atoms with Gasteiger partial charge < -0.3 is 0 Å². The Bertz CT molecular complexity index is 802. The fourth-order valence-corrected chi connectivity index (χ4v) is 2.27. The molecule has 25 heavy (non-hydrogen) atoms. The molecule has 0 N–H and O–H groups in total. The van der Waals surface area contributed by atoms with Crippen molar-refractivity contribution in [2.75, 3.05) is 0 Å². The quantitative estimate of drug-likeness (QED) is 0.565. The Morgan fingerprint density at radius 3 is 2.00 bits per heavy atom. The summed E-state index contributed by atoms with van der Waals surface area (Å²) >= 11 is 1.67. The van der Waals surface area contributed by atoms with Gasteiger partial charge in [0.05, 0.1) is 4.88 Å². The summed E-state index contributed by atoms with van der Waals surface area (Å²) in [6.07, 6.45) is 4.58. The van der Waals surface area contributed by atoms with Crippen molar-refractivity contribution in [2.24, 2.45) is 0 Å². The molecule has 3 aromatic rings. The molecular formula is C22H22N2S. The Morgan fingerprint density at radius 2 is 1.56 bits per heavy atom. The van der Waals surface area contributed by atoms with Crippen LogP contribution >= 0.6 is 11.3 Å². The van der Waals surface area contributed by atoms with Gasteiger partial charge in [0.1, 0.15) is 5.69 Å². The fourth-order valence-electron chi connectivity index (χ4n) is 1.64. The molecule has 0 aromatic carbocycles. The monoisotopic (exact) mass is 346 g/mol. The molecule has 0 aliphatic heterocycles. The van der Waals surface area contributed by atoms with Gasteiger partial charge in [-0.1, -0.05) is 37.0 Å². The number of aromatic nitrogens is 2. The number of pyridine rings is 2. The van der Waals surface area contributed by atoms with E-state index in [2.05, 4.69) is 40.6 Å². The van der Waals surface area contributed by atoms with E-state index < -0.39 is 0 Å². The van der Waals surface area contributed by atoms with Gasteiger partial charge >= 0.3 is 0 Å². The first-order chi connectivity index (χ1) is 12.3. The molecule has 0 radical (unpaired) electrons. The van der Waals surface area contributed by atoms with Gasteiger partial charge in [0, 0.05) is 18.1 Å². The lowest BCUT2D eigenvalue weighted by Crippen LogP contribution is -1.81. The minimum atomic E-state index is 0.833. The Hall–Kier alpha value is -2.88. The second-order valence-corrected chi connectivity index (χ2v) is 5.56. The van der Waals surface area contributed by atoms with Crippen LogP contribution in [0.4, 0.5) is 0 Å². The summed E-state index contributed by atoms with van der Waals surface area (Å²) in [5.41, 5.74) is 1.99. The first kappa shape index (κ1) is 20.2. The summed E-state index contributed by atoms with van der Waals surface area (Å²) in [6, 6.07) is 15.7. The van der Waals surface area contributed by atoms with E-state index in [1.807, 2.05) is 67.0 Å². The molecule has 3 heterocycles. The summed E-state index contributed by atoms with van der Waals surface area (Å²) in [4.78, 5) is 9.24. The number of aryl methyl sites for hydroxylation is 1. The summed E-state index contributed by atoms with van der Waals surface area (Å²) in [5.74, 6) is 11.4. The summed E-state index contributed by atoms with van der Waals surface area (Å²) < 4.78 is 0. The maximum Gasteiger partial charge on any atom is 0.113 e. The molecule has 0 unspecified atom stereocenters. The first-order valence-electron chi connectivity index (χ1n) is 8.00. The second-order valence-electron chi connectivity index (χ2n) is 4.62. The van der Waals surface area contributed by atoms with Crippen LogP contribution in [0.3, 0.4) is 0 Å². The molecule has 0 spiro atoms. The SMILES string of the molecule is CC#Cc1ccccn1.CC#Cc1cccs1.CCc1ccccn1. The van der Waals surface area contributed by atoms with Crippen LogP contribution in [0.15, 0.2) is 66.3 Å². The molecule has 0 fully saturated rings. The smallest absolute Gasteiger partial charge is 0.113 e. The van der Waals surface area contributed by atoms with Crippen molar-refractivity contribution in [1.29, 1.82) is 0 Å². The van der Waals surface area contributed by atoms with Crippen molar-refractivity contribution in [2.45, 2.75) is 27.2 Å². The van der Waals surface area contributed by atoms with Crippen molar-refractivity contribution in [3.63, 3.8) is 0 Å². The maximum absolute atomic E-state index is 4.10. The van der Waals surface area contributed by atoms with E-state index in [0.717, 1.165) is 22.7 Å². The Balaban J connectivity index is 0.000000188.